The second kappa shape index (κ2) is 7.33. The lowest BCUT2D eigenvalue weighted by atomic mass is 10.0. The van der Waals surface area contributed by atoms with Gasteiger partial charge in [-0.15, -0.1) is 11.3 Å². The Labute approximate surface area is 163 Å². The van der Waals surface area contributed by atoms with Crippen molar-refractivity contribution in [1.82, 2.24) is 14.6 Å². The maximum atomic E-state index is 12.6. The van der Waals surface area contributed by atoms with Crippen LogP contribution in [-0.4, -0.2) is 68.5 Å². The molecule has 0 bridgehead atoms. The third kappa shape index (κ3) is 4.20. The van der Waals surface area contributed by atoms with Crippen LogP contribution in [0.2, 0.25) is 0 Å². The van der Waals surface area contributed by atoms with Crippen molar-refractivity contribution >= 4 is 50.3 Å². The Bertz CT molecular complexity index is 954. The van der Waals surface area contributed by atoms with Crippen LogP contribution in [0.4, 0.5) is 5.13 Å². The molecule has 1 aliphatic heterocycles. The lowest BCUT2D eigenvalue weighted by Gasteiger charge is -2.42. The first-order valence-electron chi connectivity index (χ1n) is 7.58. The van der Waals surface area contributed by atoms with Crippen LogP contribution in [0.25, 0.3) is 0 Å². The van der Waals surface area contributed by atoms with Crippen LogP contribution in [0.5, 0.6) is 0 Å². The van der Waals surface area contributed by atoms with Crippen LogP contribution in [0.1, 0.15) is 26.5 Å². The fourth-order valence-electron chi connectivity index (χ4n) is 2.11. The maximum Gasteiger partial charge on any atom is 0.362 e. The summed E-state index contributed by atoms with van der Waals surface area (Å²) < 4.78 is 31.4. The van der Waals surface area contributed by atoms with E-state index in [2.05, 4.69) is 15.5 Å². The van der Waals surface area contributed by atoms with Crippen molar-refractivity contribution in [2.75, 3.05) is 5.73 Å². The number of β-lactam (4-membered cyclic amide) rings is 1. The minimum Gasteiger partial charge on any atom is -0.478 e. The maximum absolute atomic E-state index is 12.6. The summed E-state index contributed by atoms with van der Waals surface area (Å²) in [6.45, 7) is 3.69. The molecular weight excluding hydrogens is 418 g/mol. The molecule has 1 aromatic rings. The molecule has 13 nitrogen and oxygen atoms in total. The van der Waals surface area contributed by atoms with E-state index in [1.165, 1.54) is 26.2 Å². The minimum absolute atomic E-state index is 0.0350. The predicted molar refractivity (Wildman–Crippen MR) is 95.7 cm³/mol. The molecular formula is C13H17N5O8S2. The van der Waals surface area contributed by atoms with E-state index in [1.54, 1.807) is 0 Å². The summed E-state index contributed by atoms with van der Waals surface area (Å²) in [7, 11) is -4.76. The number of amides is 2. The van der Waals surface area contributed by atoms with Gasteiger partial charge in [-0.2, -0.15) is 8.42 Å². The minimum atomic E-state index is -4.76. The molecule has 0 aromatic carbocycles. The second-order valence-electron chi connectivity index (χ2n) is 6.22. The van der Waals surface area contributed by atoms with Gasteiger partial charge in [-0.1, -0.05) is 5.16 Å². The van der Waals surface area contributed by atoms with Crippen molar-refractivity contribution in [3.05, 3.63) is 11.1 Å². The highest BCUT2D eigenvalue weighted by Crippen LogP contribution is 2.23. The molecule has 1 unspecified atom stereocenters. The van der Waals surface area contributed by atoms with Crippen molar-refractivity contribution in [2.24, 2.45) is 5.16 Å². The highest BCUT2D eigenvalue weighted by Gasteiger charge is 2.51. The third-order valence-corrected chi connectivity index (χ3v) is 5.41. The number of anilines is 1. The van der Waals surface area contributed by atoms with Crippen LogP contribution in [0.15, 0.2) is 10.5 Å². The first kappa shape index (κ1) is 21.5. The van der Waals surface area contributed by atoms with Crippen LogP contribution in [-0.2, 0) is 29.5 Å². The summed E-state index contributed by atoms with van der Waals surface area (Å²) in [5, 5.41) is 16.3. The van der Waals surface area contributed by atoms with Gasteiger partial charge < -0.3 is 21.0 Å². The quantitative estimate of drug-likeness (QED) is 0.175. The van der Waals surface area contributed by atoms with E-state index in [9.17, 15) is 22.8 Å². The van der Waals surface area contributed by atoms with E-state index < -0.39 is 51.5 Å². The number of thiazole rings is 1. The number of nitrogens with one attached hydrogen (secondary N) is 1. The Hall–Kier alpha value is -2.78. The zero-order chi connectivity index (χ0) is 21.4. The summed E-state index contributed by atoms with van der Waals surface area (Å²) in [6, 6.07) is -2.31. The van der Waals surface area contributed by atoms with Crippen molar-refractivity contribution < 1.29 is 37.3 Å². The molecule has 0 radical (unpaired) electrons. The number of rotatable bonds is 7. The number of carboxylic acid groups (broad SMARTS) is 1. The average molecular weight is 435 g/mol. The zero-order valence-corrected chi connectivity index (χ0v) is 16.4. The largest absolute Gasteiger partial charge is 0.478 e. The Morgan fingerprint density at radius 1 is 1.46 bits per heavy atom. The smallest absolute Gasteiger partial charge is 0.362 e. The van der Waals surface area contributed by atoms with Crippen molar-refractivity contribution in [2.45, 2.75) is 38.5 Å². The molecule has 1 saturated heterocycles. The van der Waals surface area contributed by atoms with Gasteiger partial charge in [0.1, 0.15) is 11.7 Å². The van der Waals surface area contributed by atoms with Gasteiger partial charge >= 0.3 is 16.3 Å². The number of hydrogen-bond donors (Lipinski definition) is 4. The Morgan fingerprint density at radius 2 is 2.07 bits per heavy atom. The number of nitrogen functional groups attached to an aromatic ring is 1. The Morgan fingerprint density at radius 3 is 2.50 bits per heavy atom. The molecule has 2 heterocycles. The van der Waals surface area contributed by atoms with Gasteiger partial charge in [0.05, 0.1) is 6.04 Å². The second-order valence-corrected chi connectivity index (χ2v) is 8.40. The molecule has 0 aliphatic carbocycles. The van der Waals surface area contributed by atoms with Gasteiger partial charge in [-0.05, 0) is 20.8 Å². The predicted octanol–water partition coefficient (Wildman–Crippen LogP) is -1.17. The highest BCUT2D eigenvalue weighted by atomic mass is 32.2. The topological polar surface area (TPSA) is 202 Å². The van der Waals surface area contributed by atoms with E-state index in [0.29, 0.717) is 0 Å². The number of oxime groups is 1. The fourth-order valence-corrected chi connectivity index (χ4v) is 3.54. The highest BCUT2D eigenvalue weighted by molar-refractivity contribution is 7.84. The number of carbonyl (C=O) groups is 3. The fraction of sp³-hybridized carbons (Fsp3) is 0.462. The molecule has 2 atom stereocenters. The number of nitrogens with two attached hydrogens (primary N) is 1. The number of aliphatic carboxylic acids is 1. The SMILES string of the molecule is CC1[C@H](NC(=O)C(=NOC(C)(C)C(=O)O)c2csc(N)n2)C(=O)N1S(=O)(=O)O. The number of aromatic nitrogens is 1. The summed E-state index contributed by atoms with van der Waals surface area (Å²) in [6.07, 6.45) is 0. The normalized spacial score (nSPS) is 20.5. The molecule has 1 aliphatic rings. The van der Waals surface area contributed by atoms with E-state index in [4.69, 9.17) is 20.2 Å². The summed E-state index contributed by atoms with van der Waals surface area (Å²) in [5.74, 6) is -3.38. The van der Waals surface area contributed by atoms with Crippen molar-refractivity contribution in [3.8, 4) is 0 Å². The van der Waals surface area contributed by atoms with Crippen LogP contribution in [0, 0.1) is 0 Å². The lowest BCUT2D eigenvalue weighted by molar-refractivity contribution is -0.161. The zero-order valence-electron chi connectivity index (χ0n) is 14.8. The van der Waals surface area contributed by atoms with Gasteiger partial charge in [0.15, 0.2) is 10.8 Å². The molecule has 15 heteroatoms. The third-order valence-electron chi connectivity index (χ3n) is 3.73. The van der Waals surface area contributed by atoms with Crippen LogP contribution < -0.4 is 11.1 Å². The Kier molecular flexibility index (Phi) is 5.63. The van der Waals surface area contributed by atoms with Gasteiger partial charge in [0, 0.05) is 5.38 Å². The summed E-state index contributed by atoms with van der Waals surface area (Å²) >= 11 is 0.980. The number of carboxylic acids is 1. The van der Waals surface area contributed by atoms with Gasteiger partial charge in [0.2, 0.25) is 5.60 Å². The van der Waals surface area contributed by atoms with E-state index >= 15 is 0 Å². The van der Waals surface area contributed by atoms with Crippen LogP contribution >= 0.6 is 11.3 Å². The van der Waals surface area contributed by atoms with Crippen molar-refractivity contribution in [1.29, 1.82) is 0 Å². The van der Waals surface area contributed by atoms with Gasteiger partial charge in [0.25, 0.3) is 11.8 Å². The molecule has 0 spiro atoms. The lowest BCUT2D eigenvalue weighted by Crippen LogP contribution is -2.71. The molecule has 1 fully saturated rings. The average Bonchev–Trinajstić information content (AvgIpc) is 2.97. The monoisotopic (exact) mass is 435 g/mol. The molecule has 2 amide bonds. The standard InChI is InChI=1S/C13H17N5O8S2/c1-5-7(10(20)18(5)28(23,24)25)16-9(19)8(6-4-27-12(14)15-6)17-26-13(2,3)11(21)22/h4-5,7H,1-3H3,(H2,14,15)(H,16,19)(H,21,22)(H,23,24,25)/t5?,7-/m0/s1. The first-order valence-corrected chi connectivity index (χ1v) is 9.86. The molecule has 1 aromatic heterocycles. The number of carbonyl (C=O) groups excluding carboxylic acids is 2. The van der Waals surface area contributed by atoms with E-state index in [0.717, 1.165) is 11.3 Å². The molecule has 0 saturated carbocycles. The Balaban J connectivity index is 2.26. The molecule has 2 rings (SSSR count). The number of hydrogen-bond acceptors (Lipinski definition) is 10. The van der Waals surface area contributed by atoms with Crippen LogP contribution in [0.3, 0.4) is 0 Å². The van der Waals surface area contributed by atoms with Crippen molar-refractivity contribution in [3.63, 3.8) is 0 Å². The van der Waals surface area contributed by atoms with E-state index in [1.807, 2.05) is 0 Å². The van der Waals surface area contributed by atoms with Gasteiger partial charge in [-0.3, -0.25) is 14.1 Å². The first-order chi connectivity index (χ1) is 12.8. The summed E-state index contributed by atoms with van der Waals surface area (Å²) in [5.41, 5.74) is 3.26. The molecule has 5 N–H and O–H groups in total. The van der Waals surface area contributed by atoms with E-state index in [-0.39, 0.29) is 15.1 Å². The van der Waals surface area contributed by atoms with Gasteiger partial charge in [-0.25, -0.2) is 14.1 Å². The molecule has 28 heavy (non-hydrogen) atoms. The summed E-state index contributed by atoms with van der Waals surface area (Å²) in [4.78, 5) is 44.4. The number of nitrogens with zero attached hydrogens (tertiary/aromatic N) is 3. The molecule has 154 valence electrons.